The summed E-state index contributed by atoms with van der Waals surface area (Å²) in [5.41, 5.74) is 0. The number of nitrogens with one attached hydrogen (secondary N) is 1. The summed E-state index contributed by atoms with van der Waals surface area (Å²) in [5.74, 6) is -0.591. The summed E-state index contributed by atoms with van der Waals surface area (Å²) >= 11 is 0. The summed E-state index contributed by atoms with van der Waals surface area (Å²) in [6, 6.07) is -1.48. The van der Waals surface area contributed by atoms with Gasteiger partial charge in [0.15, 0.2) is 0 Å². The van der Waals surface area contributed by atoms with Gasteiger partial charge in [0.1, 0.15) is 6.04 Å². The molecule has 6 nitrogen and oxygen atoms in total. The lowest BCUT2D eigenvalue weighted by Gasteiger charge is -2.27. The van der Waals surface area contributed by atoms with Gasteiger partial charge in [-0.3, -0.25) is 0 Å². The third-order valence-electron chi connectivity index (χ3n) is 3.63. The number of hydrogen-bond donors (Lipinski definition) is 3. The molecule has 6 heteroatoms. The number of aliphatic hydroxyl groups excluding tert-OH is 1. The normalized spacial score (nSPS) is 24.6. The first-order chi connectivity index (χ1) is 8.86. The van der Waals surface area contributed by atoms with Crippen LogP contribution >= 0.6 is 0 Å². The van der Waals surface area contributed by atoms with Gasteiger partial charge in [-0.15, -0.1) is 0 Å². The lowest BCUT2D eigenvalue weighted by molar-refractivity contribution is -0.139. The van der Waals surface area contributed by atoms with Crippen LogP contribution < -0.4 is 5.32 Å². The van der Waals surface area contributed by atoms with Crippen molar-refractivity contribution in [2.45, 2.75) is 45.7 Å². The molecule has 2 unspecified atom stereocenters. The first-order valence-corrected chi connectivity index (χ1v) is 6.77. The Morgan fingerprint density at radius 2 is 2.05 bits per heavy atom. The predicted octanol–water partition coefficient (Wildman–Crippen LogP) is 0.898. The second kappa shape index (κ2) is 6.75. The summed E-state index contributed by atoms with van der Waals surface area (Å²) < 4.78 is 0. The number of aliphatic hydroxyl groups is 1. The maximum atomic E-state index is 12.1. The Morgan fingerprint density at radius 3 is 2.53 bits per heavy atom. The zero-order valence-electron chi connectivity index (χ0n) is 11.8. The Kier molecular flexibility index (Phi) is 5.60. The van der Waals surface area contributed by atoms with Crippen molar-refractivity contribution >= 4 is 12.0 Å². The van der Waals surface area contributed by atoms with E-state index in [1.807, 2.05) is 20.8 Å². The fraction of sp³-hybridized carbons (Fsp3) is 0.846. The number of carboxylic acids is 1. The molecule has 1 rings (SSSR count). The smallest absolute Gasteiger partial charge is 0.326 e. The van der Waals surface area contributed by atoms with Crippen LogP contribution in [0.5, 0.6) is 0 Å². The Hall–Kier alpha value is -1.30. The number of hydrogen-bond acceptors (Lipinski definition) is 3. The molecule has 1 aliphatic heterocycles. The van der Waals surface area contributed by atoms with Crippen LogP contribution in [-0.4, -0.2) is 52.3 Å². The van der Waals surface area contributed by atoms with Crippen LogP contribution in [0.1, 0.15) is 33.6 Å². The highest BCUT2D eigenvalue weighted by atomic mass is 16.4. The monoisotopic (exact) mass is 272 g/mol. The van der Waals surface area contributed by atoms with Crippen molar-refractivity contribution in [2.24, 2.45) is 11.8 Å². The van der Waals surface area contributed by atoms with Gasteiger partial charge in [-0.05, 0) is 24.7 Å². The van der Waals surface area contributed by atoms with Gasteiger partial charge < -0.3 is 20.4 Å². The number of carbonyl (C=O) groups excluding carboxylic acids is 1. The molecule has 0 spiro atoms. The third-order valence-corrected chi connectivity index (χ3v) is 3.63. The van der Waals surface area contributed by atoms with Gasteiger partial charge in [0.25, 0.3) is 0 Å². The van der Waals surface area contributed by atoms with Crippen LogP contribution in [0.3, 0.4) is 0 Å². The Labute approximate surface area is 113 Å². The summed E-state index contributed by atoms with van der Waals surface area (Å²) in [6.45, 7) is 6.28. The lowest BCUT2D eigenvalue weighted by Crippen LogP contribution is -2.51. The molecule has 1 heterocycles. The van der Waals surface area contributed by atoms with Crippen LogP contribution in [0, 0.1) is 11.8 Å². The topological polar surface area (TPSA) is 89.9 Å². The van der Waals surface area contributed by atoms with Crippen LogP contribution in [0.15, 0.2) is 0 Å². The second-order valence-corrected chi connectivity index (χ2v) is 5.68. The first kappa shape index (κ1) is 15.8. The van der Waals surface area contributed by atoms with Gasteiger partial charge in [0.05, 0.1) is 12.6 Å². The van der Waals surface area contributed by atoms with E-state index < -0.39 is 18.0 Å². The molecule has 1 aliphatic rings. The van der Waals surface area contributed by atoms with Crippen molar-refractivity contribution in [2.75, 3.05) is 13.2 Å². The molecule has 0 saturated carbocycles. The van der Waals surface area contributed by atoms with Gasteiger partial charge in [0.2, 0.25) is 0 Å². The van der Waals surface area contributed by atoms with Crippen LogP contribution in [0.2, 0.25) is 0 Å². The molecule has 3 N–H and O–H groups in total. The number of rotatable bonds is 5. The van der Waals surface area contributed by atoms with Gasteiger partial charge in [-0.25, -0.2) is 9.59 Å². The van der Waals surface area contributed by atoms with Gasteiger partial charge >= 0.3 is 12.0 Å². The largest absolute Gasteiger partial charge is 0.480 e. The van der Waals surface area contributed by atoms with Gasteiger partial charge in [0, 0.05) is 6.54 Å². The SMILES string of the molecule is CC(C)C[C@H](NC(=O)N1CCC(C)C1CO)C(=O)O. The molecule has 0 radical (unpaired) electrons. The number of likely N-dealkylation sites (tertiary alicyclic amines) is 1. The molecular weight excluding hydrogens is 248 g/mol. The van der Waals surface area contributed by atoms with E-state index in [1.165, 1.54) is 0 Å². The highest BCUT2D eigenvalue weighted by Gasteiger charge is 2.35. The molecule has 2 amide bonds. The minimum absolute atomic E-state index is 0.0868. The summed E-state index contributed by atoms with van der Waals surface area (Å²) in [6.07, 6.45) is 1.23. The number of carboxylic acid groups (broad SMARTS) is 1. The van der Waals surface area contributed by atoms with Crippen molar-refractivity contribution in [1.29, 1.82) is 0 Å². The molecule has 0 aliphatic carbocycles. The van der Waals surface area contributed by atoms with Crippen LogP contribution in [-0.2, 0) is 4.79 Å². The molecular formula is C13H24N2O4. The number of urea groups is 1. The molecule has 0 bridgehead atoms. The Balaban J connectivity index is 2.64. The van der Waals surface area contributed by atoms with E-state index in [9.17, 15) is 14.7 Å². The van der Waals surface area contributed by atoms with Gasteiger partial charge in [-0.1, -0.05) is 20.8 Å². The third kappa shape index (κ3) is 4.09. The zero-order chi connectivity index (χ0) is 14.6. The Bertz CT molecular complexity index is 333. The van der Waals surface area contributed by atoms with E-state index in [-0.39, 0.29) is 24.5 Å². The van der Waals surface area contributed by atoms with E-state index in [1.54, 1.807) is 4.90 Å². The summed E-state index contributed by atoms with van der Waals surface area (Å²) in [5, 5.41) is 21.0. The fourth-order valence-corrected chi connectivity index (χ4v) is 2.46. The standard InChI is InChI=1S/C13H24N2O4/c1-8(2)6-10(12(17)18)14-13(19)15-5-4-9(3)11(15)7-16/h8-11,16H,4-7H2,1-3H3,(H,14,19)(H,17,18)/t9?,10-,11?/m0/s1. The van der Waals surface area contributed by atoms with E-state index >= 15 is 0 Å². The van der Waals surface area contributed by atoms with Crippen molar-refractivity contribution in [3.63, 3.8) is 0 Å². The number of carbonyl (C=O) groups is 2. The average Bonchev–Trinajstić information content (AvgIpc) is 2.68. The van der Waals surface area contributed by atoms with Crippen molar-refractivity contribution in [1.82, 2.24) is 10.2 Å². The molecule has 1 fully saturated rings. The van der Waals surface area contributed by atoms with E-state index in [0.29, 0.717) is 13.0 Å². The number of amides is 2. The van der Waals surface area contributed by atoms with E-state index in [0.717, 1.165) is 6.42 Å². The number of nitrogens with zero attached hydrogens (tertiary/aromatic N) is 1. The summed E-state index contributed by atoms with van der Waals surface area (Å²) in [4.78, 5) is 24.8. The number of aliphatic carboxylic acids is 1. The molecule has 0 aromatic carbocycles. The van der Waals surface area contributed by atoms with E-state index in [2.05, 4.69) is 5.32 Å². The quantitative estimate of drug-likeness (QED) is 0.693. The summed E-state index contributed by atoms with van der Waals surface area (Å²) in [7, 11) is 0. The van der Waals surface area contributed by atoms with Crippen LogP contribution in [0.4, 0.5) is 4.79 Å². The minimum atomic E-state index is -1.02. The highest BCUT2D eigenvalue weighted by molar-refractivity contribution is 5.82. The first-order valence-electron chi connectivity index (χ1n) is 6.77. The Morgan fingerprint density at radius 1 is 1.42 bits per heavy atom. The van der Waals surface area contributed by atoms with Gasteiger partial charge in [-0.2, -0.15) is 0 Å². The predicted molar refractivity (Wildman–Crippen MR) is 70.8 cm³/mol. The minimum Gasteiger partial charge on any atom is -0.480 e. The molecule has 0 aromatic rings. The molecule has 1 saturated heterocycles. The van der Waals surface area contributed by atoms with Crippen molar-refractivity contribution in [3.05, 3.63) is 0 Å². The maximum absolute atomic E-state index is 12.1. The molecule has 0 aromatic heterocycles. The second-order valence-electron chi connectivity index (χ2n) is 5.68. The molecule has 110 valence electrons. The van der Waals surface area contributed by atoms with Crippen LogP contribution in [0.25, 0.3) is 0 Å². The molecule has 19 heavy (non-hydrogen) atoms. The zero-order valence-corrected chi connectivity index (χ0v) is 11.8. The van der Waals surface area contributed by atoms with Crippen molar-refractivity contribution < 1.29 is 19.8 Å². The highest BCUT2D eigenvalue weighted by Crippen LogP contribution is 2.23. The van der Waals surface area contributed by atoms with Crippen molar-refractivity contribution in [3.8, 4) is 0 Å². The maximum Gasteiger partial charge on any atom is 0.326 e. The van der Waals surface area contributed by atoms with E-state index in [4.69, 9.17) is 5.11 Å². The lowest BCUT2D eigenvalue weighted by atomic mass is 10.0. The average molecular weight is 272 g/mol. The fourth-order valence-electron chi connectivity index (χ4n) is 2.46. The molecule has 3 atom stereocenters.